The second-order valence-electron chi connectivity index (χ2n) is 6.04. The van der Waals surface area contributed by atoms with Gasteiger partial charge < -0.3 is 5.32 Å². The summed E-state index contributed by atoms with van der Waals surface area (Å²) in [4.78, 5) is 12.7. The molecule has 1 aliphatic rings. The molecular weight excluding hydrogens is 334 g/mol. The van der Waals surface area contributed by atoms with E-state index in [4.69, 9.17) is 11.6 Å². The van der Waals surface area contributed by atoms with Gasteiger partial charge in [-0.25, -0.2) is 8.42 Å². The highest BCUT2D eigenvalue weighted by Crippen LogP contribution is 2.43. The lowest BCUT2D eigenvalue weighted by Gasteiger charge is -2.23. The van der Waals surface area contributed by atoms with Gasteiger partial charge in [-0.2, -0.15) is 0 Å². The van der Waals surface area contributed by atoms with Gasteiger partial charge in [0.05, 0.1) is 10.3 Å². The van der Waals surface area contributed by atoms with E-state index in [0.717, 1.165) is 16.8 Å². The molecule has 4 nitrogen and oxygen atoms in total. The fourth-order valence-corrected chi connectivity index (χ4v) is 4.01. The highest BCUT2D eigenvalue weighted by molar-refractivity contribution is 7.90. The molecule has 1 aliphatic heterocycles. The lowest BCUT2D eigenvalue weighted by atomic mass is 9.78. The predicted molar refractivity (Wildman–Crippen MR) is 90.7 cm³/mol. The van der Waals surface area contributed by atoms with Gasteiger partial charge in [-0.05, 0) is 43.2 Å². The Bertz CT molecular complexity index is 891. The van der Waals surface area contributed by atoms with Crippen LogP contribution in [0.2, 0.25) is 5.02 Å². The molecule has 1 unspecified atom stereocenters. The van der Waals surface area contributed by atoms with Gasteiger partial charge in [-0.15, -0.1) is 0 Å². The molecule has 0 saturated carbocycles. The molecule has 2 aromatic carbocycles. The minimum absolute atomic E-state index is 0.104. The standard InChI is InChI=1S/C17H16ClNO3S/c1-17(10-11-6-8-12(9-7-11)23(2,21)22)15-13(18)4-3-5-14(15)19-16(17)20/h3-9H,10H2,1-2H3,(H,19,20). The monoisotopic (exact) mass is 349 g/mol. The quantitative estimate of drug-likeness (QED) is 0.925. The number of rotatable bonds is 3. The number of anilines is 1. The van der Waals surface area contributed by atoms with Gasteiger partial charge >= 0.3 is 0 Å². The van der Waals surface area contributed by atoms with Crippen LogP contribution in [0.15, 0.2) is 47.4 Å². The number of amides is 1. The predicted octanol–water partition coefficient (Wildman–Crippen LogP) is 3.20. The highest BCUT2D eigenvalue weighted by Gasteiger charge is 2.44. The van der Waals surface area contributed by atoms with Gasteiger partial charge in [0.15, 0.2) is 9.84 Å². The third-order valence-corrected chi connectivity index (χ3v) is 5.67. The Morgan fingerprint density at radius 2 is 1.78 bits per heavy atom. The SMILES string of the molecule is CC1(Cc2ccc(S(C)(=O)=O)cc2)C(=O)Nc2cccc(Cl)c21. The average molecular weight is 350 g/mol. The summed E-state index contributed by atoms with van der Waals surface area (Å²) in [6.45, 7) is 1.85. The summed E-state index contributed by atoms with van der Waals surface area (Å²) in [6.07, 6.45) is 1.61. The van der Waals surface area contributed by atoms with E-state index in [-0.39, 0.29) is 10.8 Å². The summed E-state index contributed by atoms with van der Waals surface area (Å²) in [6, 6.07) is 12.0. The molecule has 2 aromatic rings. The van der Waals surface area contributed by atoms with E-state index >= 15 is 0 Å². The maximum absolute atomic E-state index is 12.5. The maximum Gasteiger partial charge on any atom is 0.235 e. The van der Waals surface area contributed by atoms with Crippen molar-refractivity contribution in [1.82, 2.24) is 0 Å². The first-order valence-corrected chi connectivity index (χ1v) is 9.38. The Labute approximate surface area is 140 Å². The Morgan fingerprint density at radius 3 is 2.39 bits per heavy atom. The number of nitrogens with one attached hydrogen (secondary N) is 1. The zero-order valence-electron chi connectivity index (χ0n) is 12.8. The average Bonchev–Trinajstić information content (AvgIpc) is 2.71. The normalized spacial score (nSPS) is 20.2. The summed E-state index contributed by atoms with van der Waals surface area (Å²) in [7, 11) is -3.23. The number of carbonyl (C=O) groups is 1. The number of benzene rings is 2. The van der Waals surface area contributed by atoms with Crippen LogP contribution in [0.1, 0.15) is 18.1 Å². The van der Waals surface area contributed by atoms with Crippen LogP contribution in [0.5, 0.6) is 0 Å². The summed E-state index contributed by atoms with van der Waals surface area (Å²) in [5, 5.41) is 3.42. The van der Waals surface area contributed by atoms with Gasteiger partial charge in [0.25, 0.3) is 0 Å². The van der Waals surface area contributed by atoms with E-state index in [9.17, 15) is 13.2 Å². The van der Waals surface area contributed by atoms with Crippen LogP contribution in [-0.4, -0.2) is 20.6 Å². The Kier molecular flexibility index (Phi) is 3.73. The summed E-state index contributed by atoms with van der Waals surface area (Å²) in [5.74, 6) is -0.104. The molecule has 1 atom stereocenters. The van der Waals surface area contributed by atoms with Crippen LogP contribution in [0.25, 0.3) is 0 Å². The van der Waals surface area contributed by atoms with Crippen LogP contribution in [0, 0.1) is 0 Å². The van der Waals surface area contributed by atoms with Gasteiger partial charge in [0.1, 0.15) is 0 Å². The van der Waals surface area contributed by atoms with Crippen LogP contribution in [-0.2, 0) is 26.5 Å². The minimum Gasteiger partial charge on any atom is -0.325 e. The Morgan fingerprint density at radius 1 is 1.13 bits per heavy atom. The van der Waals surface area contributed by atoms with Crippen LogP contribution >= 0.6 is 11.6 Å². The second-order valence-corrected chi connectivity index (χ2v) is 8.46. The molecule has 0 aromatic heterocycles. The summed E-state index contributed by atoms with van der Waals surface area (Å²) >= 11 is 6.30. The van der Waals surface area contributed by atoms with Crippen molar-refractivity contribution in [2.24, 2.45) is 0 Å². The van der Waals surface area contributed by atoms with Crippen LogP contribution in [0.3, 0.4) is 0 Å². The molecule has 6 heteroatoms. The second kappa shape index (κ2) is 5.35. The third-order valence-electron chi connectivity index (χ3n) is 4.22. The number of hydrogen-bond donors (Lipinski definition) is 1. The number of sulfone groups is 1. The summed E-state index contributed by atoms with van der Waals surface area (Å²) in [5.41, 5.74) is 1.62. The van der Waals surface area contributed by atoms with Crippen molar-refractivity contribution < 1.29 is 13.2 Å². The first kappa shape index (κ1) is 16.0. The Hall–Kier alpha value is -1.85. The Balaban J connectivity index is 1.99. The molecule has 0 fully saturated rings. The molecule has 0 radical (unpaired) electrons. The first-order valence-electron chi connectivity index (χ1n) is 7.11. The van der Waals surface area contributed by atoms with E-state index in [2.05, 4.69) is 5.32 Å². The third kappa shape index (κ3) is 2.75. The van der Waals surface area contributed by atoms with Crippen molar-refractivity contribution in [3.8, 4) is 0 Å². The van der Waals surface area contributed by atoms with E-state index in [1.54, 1.807) is 36.4 Å². The topological polar surface area (TPSA) is 63.2 Å². The molecule has 0 saturated heterocycles. The lowest BCUT2D eigenvalue weighted by molar-refractivity contribution is -0.120. The zero-order chi connectivity index (χ0) is 16.8. The van der Waals surface area contributed by atoms with Gasteiger partial charge in [-0.3, -0.25) is 4.79 Å². The van der Waals surface area contributed by atoms with Crippen LogP contribution in [0.4, 0.5) is 5.69 Å². The largest absolute Gasteiger partial charge is 0.325 e. The van der Waals surface area contributed by atoms with E-state index in [1.165, 1.54) is 6.26 Å². The zero-order valence-corrected chi connectivity index (χ0v) is 14.3. The molecule has 0 spiro atoms. The van der Waals surface area contributed by atoms with E-state index in [0.29, 0.717) is 11.4 Å². The van der Waals surface area contributed by atoms with E-state index < -0.39 is 15.3 Å². The molecule has 1 heterocycles. The molecule has 23 heavy (non-hydrogen) atoms. The van der Waals surface area contributed by atoms with Crippen molar-refractivity contribution in [3.05, 3.63) is 58.6 Å². The van der Waals surface area contributed by atoms with Crippen molar-refractivity contribution in [1.29, 1.82) is 0 Å². The smallest absolute Gasteiger partial charge is 0.235 e. The van der Waals surface area contributed by atoms with Gasteiger partial charge in [0, 0.05) is 22.5 Å². The van der Waals surface area contributed by atoms with Crippen LogP contribution < -0.4 is 5.32 Å². The highest BCUT2D eigenvalue weighted by atomic mass is 35.5. The van der Waals surface area contributed by atoms with Gasteiger partial charge in [-0.1, -0.05) is 29.8 Å². The van der Waals surface area contributed by atoms with Crippen molar-refractivity contribution in [2.45, 2.75) is 23.7 Å². The van der Waals surface area contributed by atoms with Crippen molar-refractivity contribution >= 4 is 33.0 Å². The fourth-order valence-electron chi connectivity index (χ4n) is 2.99. The van der Waals surface area contributed by atoms with Gasteiger partial charge in [0.2, 0.25) is 5.91 Å². The van der Waals surface area contributed by atoms with Crippen molar-refractivity contribution in [3.63, 3.8) is 0 Å². The molecule has 1 amide bonds. The lowest BCUT2D eigenvalue weighted by Crippen LogP contribution is -2.33. The molecule has 3 rings (SSSR count). The molecule has 1 N–H and O–H groups in total. The van der Waals surface area contributed by atoms with E-state index in [1.807, 2.05) is 13.0 Å². The number of carbonyl (C=O) groups excluding carboxylic acids is 1. The fraction of sp³-hybridized carbons (Fsp3) is 0.235. The molecule has 120 valence electrons. The maximum atomic E-state index is 12.5. The van der Waals surface area contributed by atoms with Crippen molar-refractivity contribution in [2.75, 3.05) is 11.6 Å². The first-order chi connectivity index (χ1) is 10.7. The molecular formula is C17H16ClNO3S. The number of fused-ring (bicyclic) bond motifs is 1. The summed E-state index contributed by atoms with van der Waals surface area (Å²) < 4.78 is 23.1. The minimum atomic E-state index is -3.23. The molecule has 0 aliphatic carbocycles. The number of hydrogen-bond acceptors (Lipinski definition) is 3. The number of halogens is 1. The molecule has 0 bridgehead atoms.